The second-order valence-corrected chi connectivity index (χ2v) is 5.11. The predicted molar refractivity (Wildman–Crippen MR) is 78.1 cm³/mol. The molecule has 1 amide bonds. The van der Waals surface area contributed by atoms with Crippen LogP contribution in [0.5, 0.6) is 0 Å². The van der Waals surface area contributed by atoms with Gasteiger partial charge in [-0.25, -0.2) is 0 Å². The number of nitrogens with one attached hydrogen (secondary N) is 2. The van der Waals surface area contributed by atoms with Gasteiger partial charge in [0, 0.05) is 17.5 Å². The number of aromatic amines is 1. The summed E-state index contributed by atoms with van der Waals surface area (Å²) in [6, 6.07) is 7.33. The van der Waals surface area contributed by atoms with Crippen LogP contribution < -0.4 is 11.1 Å². The van der Waals surface area contributed by atoms with Crippen LogP contribution in [0.2, 0.25) is 0 Å². The van der Waals surface area contributed by atoms with Crippen molar-refractivity contribution in [1.29, 1.82) is 0 Å². The van der Waals surface area contributed by atoms with Crippen molar-refractivity contribution in [1.82, 2.24) is 15.5 Å². The van der Waals surface area contributed by atoms with Crippen LogP contribution in [0.25, 0.3) is 11.0 Å². The zero-order chi connectivity index (χ0) is 14.1. The number of aromatic nitrogens is 2. The fourth-order valence-corrected chi connectivity index (χ4v) is 2.33. The number of benzene rings is 1. The number of H-pyrrole nitrogens is 1. The van der Waals surface area contributed by atoms with Gasteiger partial charge in [-0.2, -0.15) is 5.10 Å². The van der Waals surface area contributed by atoms with Crippen LogP contribution in [0.4, 0.5) is 5.82 Å². The zero-order valence-corrected chi connectivity index (χ0v) is 11.9. The maximum Gasteiger partial charge on any atom is 0.287 e. The van der Waals surface area contributed by atoms with E-state index in [-0.39, 0.29) is 11.7 Å². The highest BCUT2D eigenvalue weighted by molar-refractivity contribution is 9.10. The molecular formula is C13H11BrN4O2. The lowest BCUT2D eigenvalue weighted by Crippen LogP contribution is -2.22. The molecule has 1 aromatic carbocycles. The minimum atomic E-state index is -0.297. The van der Waals surface area contributed by atoms with Crippen LogP contribution in [0.15, 0.2) is 39.4 Å². The highest BCUT2D eigenvalue weighted by Gasteiger charge is 2.14. The van der Waals surface area contributed by atoms with Gasteiger partial charge in [0.25, 0.3) is 5.91 Å². The average molecular weight is 335 g/mol. The first-order chi connectivity index (χ1) is 9.65. The first kappa shape index (κ1) is 12.7. The SMILES string of the molecule is Nc1[nH]ncc1CNC(=O)c1cc2cccc(Br)c2o1. The summed E-state index contributed by atoms with van der Waals surface area (Å²) in [5.74, 6) is 0.403. The van der Waals surface area contributed by atoms with E-state index in [9.17, 15) is 4.79 Å². The van der Waals surface area contributed by atoms with Crippen molar-refractivity contribution >= 4 is 38.6 Å². The quantitative estimate of drug-likeness (QED) is 0.685. The second kappa shape index (κ2) is 5.01. The molecule has 0 atom stereocenters. The number of amides is 1. The monoisotopic (exact) mass is 334 g/mol. The average Bonchev–Trinajstić information content (AvgIpc) is 3.03. The van der Waals surface area contributed by atoms with E-state index in [2.05, 4.69) is 31.4 Å². The molecule has 0 aliphatic heterocycles. The number of carbonyl (C=O) groups excluding carboxylic acids is 1. The Bertz CT molecular complexity index is 778. The molecular weight excluding hydrogens is 324 g/mol. The van der Waals surface area contributed by atoms with Crippen LogP contribution in [0.1, 0.15) is 16.1 Å². The van der Waals surface area contributed by atoms with Crippen LogP contribution in [-0.2, 0) is 6.54 Å². The van der Waals surface area contributed by atoms with Gasteiger partial charge in [-0.05, 0) is 28.1 Å². The Morgan fingerprint density at radius 2 is 2.35 bits per heavy atom. The number of halogens is 1. The van der Waals surface area contributed by atoms with Gasteiger partial charge >= 0.3 is 0 Å². The summed E-state index contributed by atoms with van der Waals surface area (Å²) >= 11 is 3.38. The normalized spacial score (nSPS) is 10.8. The van der Waals surface area contributed by atoms with Gasteiger partial charge < -0.3 is 15.5 Å². The third-order valence-electron chi connectivity index (χ3n) is 2.91. The Balaban J connectivity index is 1.79. The lowest BCUT2D eigenvalue weighted by Gasteiger charge is -2.01. The lowest BCUT2D eigenvalue weighted by molar-refractivity contribution is 0.0925. The van der Waals surface area contributed by atoms with Gasteiger partial charge in [0.15, 0.2) is 5.76 Å². The number of nitrogens with zero attached hydrogens (tertiary/aromatic N) is 1. The fraction of sp³-hybridized carbons (Fsp3) is 0.0769. The topological polar surface area (TPSA) is 96.9 Å². The van der Waals surface area contributed by atoms with E-state index in [0.29, 0.717) is 17.9 Å². The zero-order valence-electron chi connectivity index (χ0n) is 10.3. The number of anilines is 1. The maximum atomic E-state index is 12.0. The van der Waals surface area contributed by atoms with Crippen molar-refractivity contribution < 1.29 is 9.21 Å². The molecule has 2 aromatic heterocycles. The number of nitrogen functional groups attached to an aromatic ring is 1. The molecule has 0 unspecified atom stereocenters. The first-order valence-corrected chi connectivity index (χ1v) is 6.68. The number of hydrogen-bond acceptors (Lipinski definition) is 4. The molecule has 3 rings (SSSR count). The van der Waals surface area contributed by atoms with Gasteiger partial charge in [-0.3, -0.25) is 9.89 Å². The van der Waals surface area contributed by atoms with Crippen molar-refractivity contribution in [3.05, 3.63) is 46.3 Å². The molecule has 0 bridgehead atoms. The Labute approximate surface area is 122 Å². The van der Waals surface area contributed by atoms with Crippen molar-refractivity contribution in [2.45, 2.75) is 6.54 Å². The molecule has 7 heteroatoms. The Hall–Kier alpha value is -2.28. The lowest BCUT2D eigenvalue weighted by atomic mass is 10.2. The van der Waals surface area contributed by atoms with Gasteiger partial charge in [0.05, 0.1) is 10.7 Å². The Morgan fingerprint density at radius 1 is 1.50 bits per heavy atom. The van der Waals surface area contributed by atoms with E-state index in [1.807, 2.05) is 18.2 Å². The largest absolute Gasteiger partial charge is 0.450 e. The van der Waals surface area contributed by atoms with E-state index in [0.717, 1.165) is 15.4 Å². The van der Waals surface area contributed by atoms with E-state index >= 15 is 0 Å². The van der Waals surface area contributed by atoms with Crippen molar-refractivity contribution in [3.8, 4) is 0 Å². The summed E-state index contributed by atoms with van der Waals surface area (Å²) in [5.41, 5.74) is 7.03. The number of fused-ring (bicyclic) bond motifs is 1. The molecule has 0 radical (unpaired) electrons. The Morgan fingerprint density at radius 3 is 3.05 bits per heavy atom. The number of para-hydroxylation sites is 1. The van der Waals surface area contributed by atoms with Gasteiger partial charge in [-0.15, -0.1) is 0 Å². The molecule has 0 aliphatic rings. The first-order valence-electron chi connectivity index (χ1n) is 5.89. The van der Waals surface area contributed by atoms with E-state index in [1.165, 1.54) is 0 Å². The standard InChI is InChI=1S/C13H11BrN4O2/c14-9-3-1-2-7-4-10(20-11(7)9)13(19)16-5-8-6-17-18-12(8)15/h1-4,6H,5H2,(H,16,19)(H3,15,17,18). The third kappa shape index (κ3) is 2.27. The summed E-state index contributed by atoms with van der Waals surface area (Å²) in [6.07, 6.45) is 1.57. The van der Waals surface area contributed by atoms with E-state index < -0.39 is 0 Å². The predicted octanol–water partition coefficient (Wildman–Crippen LogP) is 2.43. The van der Waals surface area contributed by atoms with Crippen LogP contribution in [-0.4, -0.2) is 16.1 Å². The van der Waals surface area contributed by atoms with Crippen molar-refractivity contribution in [3.63, 3.8) is 0 Å². The smallest absolute Gasteiger partial charge is 0.287 e. The van der Waals surface area contributed by atoms with Gasteiger partial charge in [0.2, 0.25) is 0 Å². The minimum Gasteiger partial charge on any atom is -0.450 e. The van der Waals surface area contributed by atoms with Crippen molar-refractivity contribution in [2.75, 3.05) is 5.73 Å². The Kier molecular flexibility index (Phi) is 3.19. The van der Waals surface area contributed by atoms with E-state index in [1.54, 1.807) is 12.3 Å². The van der Waals surface area contributed by atoms with Crippen molar-refractivity contribution in [2.24, 2.45) is 0 Å². The van der Waals surface area contributed by atoms with Gasteiger partial charge in [0.1, 0.15) is 11.4 Å². The van der Waals surface area contributed by atoms with Crippen LogP contribution >= 0.6 is 15.9 Å². The number of carbonyl (C=O) groups is 1. The molecule has 102 valence electrons. The third-order valence-corrected chi connectivity index (χ3v) is 3.54. The summed E-state index contributed by atoms with van der Waals surface area (Å²) in [6.45, 7) is 0.291. The van der Waals surface area contributed by atoms with E-state index in [4.69, 9.17) is 10.2 Å². The molecule has 2 heterocycles. The number of furan rings is 1. The van der Waals surface area contributed by atoms with Gasteiger partial charge in [-0.1, -0.05) is 12.1 Å². The highest BCUT2D eigenvalue weighted by atomic mass is 79.9. The minimum absolute atomic E-state index is 0.258. The summed E-state index contributed by atoms with van der Waals surface area (Å²) in [5, 5.41) is 10.00. The fourth-order valence-electron chi connectivity index (χ4n) is 1.86. The number of nitrogens with two attached hydrogens (primary N) is 1. The summed E-state index contributed by atoms with van der Waals surface area (Å²) in [7, 11) is 0. The molecule has 0 saturated carbocycles. The number of rotatable bonds is 3. The molecule has 0 fully saturated rings. The van der Waals surface area contributed by atoms with Crippen LogP contribution in [0, 0.1) is 0 Å². The summed E-state index contributed by atoms with van der Waals surface area (Å²) < 4.78 is 6.36. The molecule has 4 N–H and O–H groups in total. The molecule has 3 aromatic rings. The molecule has 0 saturated heterocycles. The maximum absolute atomic E-state index is 12.0. The second-order valence-electron chi connectivity index (χ2n) is 4.26. The molecule has 0 spiro atoms. The molecule has 20 heavy (non-hydrogen) atoms. The highest BCUT2D eigenvalue weighted by Crippen LogP contribution is 2.26. The van der Waals surface area contributed by atoms with Crippen LogP contribution in [0.3, 0.4) is 0 Å². The molecule has 0 aliphatic carbocycles. The number of hydrogen-bond donors (Lipinski definition) is 3. The summed E-state index contributed by atoms with van der Waals surface area (Å²) in [4.78, 5) is 12.0. The molecule has 6 nitrogen and oxygen atoms in total.